The van der Waals surface area contributed by atoms with Crippen LogP contribution < -0.4 is 0 Å². The maximum absolute atomic E-state index is 3.59. The standard InChI is InChI=1S/C13H19Br/c1-5-10-7-6-8-12(11(10)9-14)13(2,3)4/h6-8H,5,9H2,1-4H3. The van der Waals surface area contributed by atoms with E-state index in [-0.39, 0.29) is 5.41 Å². The summed E-state index contributed by atoms with van der Waals surface area (Å²) in [5, 5.41) is 0.962. The third-order valence-corrected chi connectivity index (χ3v) is 3.16. The van der Waals surface area contributed by atoms with Crippen molar-refractivity contribution in [1.29, 1.82) is 0 Å². The molecule has 0 fully saturated rings. The van der Waals surface area contributed by atoms with Gasteiger partial charge < -0.3 is 0 Å². The minimum Gasteiger partial charge on any atom is -0.0876 e. The molecule has 1 rings (SSSR count). The summed E-state index contributed by atoms with van der Waals surface area (Å²) in [7, 11) is 0. The van der Waals surface area contributed by atoms with Gasteiger partial charge in [0, 0.05) is 5.33 Å². The van der Waals surface area contributed by atoms with Crippen molar-refractivity contribution < 1.29 is 0 Å². The van der Waals surface area contributed by atoms with Crippen molar-refractivity contribution in [2.45, 2.75) is 44.9 Å². The summed E-state index contributed by atoms with van der Waals surface area (Å²) in [4.78, 5) is 0. The Morgan fingerprint density at radius 2 is 1.86 bits per heavy atom. The van der Waals surface area contributed by atoms with Crippen molar-refractivity contribution in [2.24, 2.45) is 0 Å². The number of halogens is 1. The number of alkyl halides is 1. The highest BCUT2D eigenvalue weighted by Gasteiger charge is 2.18. The second kappa shape index (κ2) is 4.48. The van der Waals surface area contributed by atoms with Crippen molar-refractivity contribution in [3.63, 3.8) is 0 Å². The van der Waals surface area contributed by atoms with E-state index in [1.807, 2.05) is 0 Å². The lowest BCUT2D eigenvalue weighted by atomic mass is 9.82. The van der Waals surface area contributed by atoms with E-state index in [4.69, 9.17) is 0 Å². The van der Waals surface area contributed by atoms with Crippen LogP contribution in [-0.4, -0.2) is 0 Å². The van der Waals surface area contributed by atoms with Gasteiger partial charge in [-0.25, -0.2) is 0 Å². The summed E-state index contributed by atoms with van der Waals surface area (Å²) < 4.78 is 0. The first kappa shape index (κ1) is 11.8. The topological polar surface area (TPSA) is 0 Å². The lowest BCUT2D eigenvalue weighted by Crippen LogP contribution is -2.14. The second-order valence-electron chi connectivity index (χ2n) is 4.68. The largest absolute Gasteiger partial charge is 0.0876 e. The highest BCUT2D eigenvalue weighted by atomic mass is 79.9. The summed E-state index contributed by atoms with van der Waals surface area (Å²) in [6.07, 6.45) is 1.12. The summed E-state index contributed by atoms with van der Waals surface area (Å²) in [5.74, 6) is 0. The van der Waals surface area contributed by atoms with Gasteiger partial charge in [0.05, 0.1) is 0 Å². The Labute approximate surface area is 95.9 Å². The minimum absolute atomic E-state index is 0.244. The molecule has 0 aliphatic heterocycles. The minimum atomic E-state index is 0.244. The van der Waals surface area contributed by atoms with E-state index in [1.165, 1.54) is 16.7 Å². The first-order valence-electron chi connectivity index (χ1n) is 5.18. The van der Waals surface area contributed by atoms with Gasteiger partial charge in [0.25, 0.3) is 0 Å². The molecule has 0 radical (unpaired) electrons. The number of aryl methyl sites for hydroxylation is 1. The van der Waals surface area contributed by atoms with Gasteiger partial charge in [-0.2, -0.15) is 0 Å². The third kappa shape index (κ3) is 2.38. The molecule has 0 aromatic heterocycles. The van der Waals surface area contributed by atoms with Gasteiger partial charge >= 0.3 is 0 Å². The number of rotatable bonds is 2. The molecule has 0 aliphatic rings. The predicted octanol–water partition coefficient (Wildman–Crippen LogP) is 4.44. The van der Waals surface area contributed by atoms with Gasteiger partial charge in [-0.3, -0.25) is 0 Å². The zero-order valence-corrected chi connectivity index (χ0v) is 11.1. The van der Waals surface area contributed by atoms with Gasteiger partial charge in [0.2, 0.25) is 0 Å². The van der Waals surface area contributed by atoms with Crippen molar-refractivity contribution in [3.8, 4) is 0 Å². The third-order valence-electron chi connectivity index (χ3n) is 2.60. The Kier molecular flexibility index (Phi) is 3.77. The predicted molar refractivity (Wildman–Crippen MR) is 67.2 cm³/mol. The van der Waals surface area contributed by atoms with Crippen LogP contribution in [-0.2, 0) is 17.2 Å². The van der Waals surface area contributed by atoms with Crippen molar-refractivity contribution in [3.05, 3.63) is 34.9 Å². The molecule has 14 heavy (non-hydrogen) atoms. The fourth-order valence-electron chi connectivity index (χ4n) is 1.83. The molecule has 0 N–H and O–H groups in total. The van der Waals surface area contributed by atoms with Crippen LogP contribution >= 0.6 is 15.9 Å². The molecule has 1 heteroatoms. The molecule has 0 nitrogen and oxygen atoms in total. The quantitative estimate of drug-likeness (QED) is 0.685. The summed E-state index contributed by atoms with van der Waals surface area (Å²) in [6, 6.07) is 6.65. The highest BCUT2D eigenvalue weighted by molar-refractivity contribution is 9.08. The molecule has 0 amide bonds. The van der Waals surface area contributed by atoms with Crippen molar-refractivity contribution in [1.82, 2.24) is 0 Å². The average Bonchev–Trinajstić information content (AvgIpc) is 2.15. The number of benzene rings is 1. The average molecular weight is 255 g/mol. The normalized spacial score (nSPS) is 11.8. The fourth-order valence-corrected chi connectivity index (χ4v) is 2.49. The van der Waals surface area contributed by atoms with Gasteiger partial charge in [0.1, 0.15) is 0 Å². The monoisotopic (exact) mass is 254 g/mol. The molecule has 0 bridgehead atoms. The lowest BCUT2D eigenvalue weighted by Gasteiger charge is -2.24. The van der Waals surface area contributed by atoms with Crippen LogP contribution in [0.25, 0.3) is 0 Å². The Balaban J connectivity index is 3.29. The zero-order chi connectivity index (χ0) is 10.8. The molecule has 0 atom stereocenters. The van der Waals surface area contributed by atoms with Crippen LogP contribution in [0.15, 0.2) is 18.2 Å². The molecule has 0 aliphatic carbocycles. The molecular formula is C13H19Br. The Morgan fingerprint density at radius 3 is 2.29 bits per heavy atom. The number of hydrogen-bond acceptors (Lipinski definition) is 0. The van der Waals surface area contributed by atoms with E-state index < -0.39 is 0 Å². The highest BCUT2D eigenvalue weighted by Crippen LogP contribution is 2.29. The molecule has 0 unspecified atom stereocenters. The zero-order valence-electron chi connectivity index (χ0n) is 9.52. The molecule has 0 saturated heterocycles. The fraction of sp³-hybridized carbons (Fsp3) is 0.538. The first-order chi connectivity index (χ1) is 6.50. The van der Waals surface area contributed by atoms with Crippen molar-refractivity contribution in [2.75, 3.05) is 0 Å². The second-order valence-corrected chi connectivity index (χ2v) is 5.24. The van der Waals surface area contributed by atoms with Crippen LogP contribution in [0.1, 0.15) is 44.4 Å². The van der Waals surface area contributed by atoms with Crippen LogP contribution in [0.5, 0.6) is 0 Å². The van der Waals surface area contributed by atoms with E-state index >= 15 is 0 Å². The van der Waals surface area contributed by atoms with E-state index in [0.29, 0.717) is 0 Å². The summed E-state index contributed by atoms with van der Waals surface area (Å²) >= 11 is 3.59. The molecular weight excluding hydrogens is 236 g/mol. The van der Waals surface area contributed by atoms with Gasteiger partial charge in [-0.1, -0.05) is 61.8 Å². The van der Waals surface area contributed by atoms with Crippen LogP contribution in [0.4, 0.5) is 0 Å². The molecule has 0 saturated carbocycles. The van der Waals surface area contributed by atoms with E-state index in [0.717, 1.165) is 11.8 Å². The van der Waals surface area contributed by atoms with Gasteiger partial charge in [-0.05, 0) is 28.5 Å². The SMILES string of the molecule is CCc1cccc(C(C)(C)C)c1CBr. The smallest absolute Gasteiger partial charge is 0.0288 e. The number of hydrogen-bond donors (Lipinski definition) is 0. The molecule has 1 aromatic rings. The molecule has 78 valence electrons. The summed E-state index contributed by atoms with van der Waals surface area (Å²) in [6.45, 7) is 9.03. The van der Waals surface area contributed by atoms with Crippen LogP contribution in [0, 0.1) is 0 Å². The molecule has 0 heterocycles. The van der Waals surface area contributed by atoms with E-state index in [2.05, 4.69) is 61.8 Å². The maximum atomic E-state index is 3.59. The van der Waals surface area contributed by atoms with E-state index in [1.54, 1.807) is 0 Å². The van der Waals surface area contributed by atoms with Gasteiger partial charge in [-0.15, -0.1) is 0 Å². The Bertz CT molecular complexity index is 308. The van der Waals surface area contributed by atoms with Crippen LogP contribution in [0.2, 0.25) is 0 Å². The van der Waals surface area contributed by atoms with Gasteiger partial charge in [0.15, 0.2) is 0 Å². The first-order valence-corrected chi connectivity index (χ1v) is 6.30. The van der Waals surface area contributed by atoms with Crippen molar-refractivity contribution >= 4 is 15.9 Å². The maximum Gasteiger partial charge on any atom is 0.0288 e. The Hall–Kier alpha value is -0.300. The molecule has 0 spiro atoms. The Morgan fingerprint density at radius 1 is 1.21 bits per heavy atom. The molecule has 1 aromatic carbocycles. The summed E-state index contributed by atoms with van der Waals surface area (Å²) in [5.41, 5.74) is 4.65. The van der Waals surface area contributed by atoms with E-state index in [9.17, 15) is 0 Å². The van der Waals surface area contributed by atoms with Crippen LogP contribution in [0.3, 0.4) is 0 Å². The lowest BCUT2D eigenvalue weighted by molar-refractivity contribution is 0.584.